The molecule has 3 N–H and O–H groups in total. The summed E-state index contributed by atoms with van der Waals surface area (Å²) in [6, 6.07) is 4.89. The zero-order valence-corrected chi connectivity index (χ0v) is 12.8. The highest BCUT2D eigenvalue weighted by molar-refractivity contribution is 5.94. The summed E-state index contributed by atoms with van der Waals surface area (Å²) in [5, 5.41) is 7.93. The fourth-order valence-corrected chi connectivity index (χ4v) is 1.86. The van der Waals surface area contributed by atoms with Crippen LogP contribution in [0.4, 0.5) is 10.5 Å². The number of anilines is 1. The molecule has 0 radical (unpaired) electrons. The first-order valence-corrected chi connectivity index (χ1v) is 7.32. The molecule has 0 aliphatic carbocycles. The predicted octanol–water partition coefficient (Wildman–Crippen LogP) is 1.49. The van der Waals surface area contributed by atoms with Crippen molar-refractivity contribution in [3.8, 4) is 11.5 Å². The molecular weight excluding hydrogens is 286 g/mol. The van der Waals surface area contributed by atoms with Crippen LogP contribution >= 0.6 is 0 Å². The molecule has 22 heavy (non-hydrogen) atoms. The van der Waals surface area contributed by atoms with E-state index in [9.17, 15) is 9.59 Å². The van der Waals surface area contributed by atoms with E-state index in [0.717, 1.165) is 6.42 Å². The lowest BCUT2D eigenvalue weighted by atomic mass is 10.2. The number of hydrogen-bond acceptors (Lipinski definition) is 4. The quantitative estimate of drug-likeness (QED) is 0.769. The first-order valence-electron chi connectivity index (χ1n) is 7.32. The second-order valence-electron chi connectivity index (χ2n) is 5.04. The molecule has 1 atom stereocenters. The summed E-state index contributed by atoms with van der Waals surface area (Å²) in [6.45, 7) is 4.78. The maximum atomic E-state index is 11.8. The van der Waals surface area contributed by atoms with E-state index in [1.807, 2.05) is 13.8 Å². The van der Waals surface area contributed by atoms with Gasteiger partial charge in [0.25, 0.3) is 0 Å². The Kier molecular flexibility index (Phi) is 5.46. The minimum absolute atomic E-state index is 0.0702. The Morgan fingerprint density at radius 2 is 1.95 bits per heavy atom. The number of nitrogens with one attached hydrogen (secondary N) is 3. The number of rotatable bonds is 5. The van der Waals surface area contributed by atoms with Gasteiger partial charge >= 0.3 is 6.03 Å². The highest BCUT2D eigenvalue weighted by atomic mass is 16.6. The van der Waals surface area contributed by atoms with Gasteiger partial charge in [0, 0.05) is 17.8 Å². The first kappa shape index (κ1) is 15.9. The van der Waals surface area contributed by atoms with Crippen molar-refractivity contribution in [3.63, 3.8) is 0 Å². The molecule has 1 heterocycles. The van der Waals surface area contributed by atoms with Crippen LogP contribution in [0.25, 0.3) is 0 Å². The lowest BCUT2D eigenvalue weighted by Gasteiger charge is -2.19. The van der Waals surface area contributed by atoms with Gasteiger partial charge in [0.05, 0.1) is 6.54 Å². The predicted molar refractivity (Wildman–Crippen MR) is 82.3 cm³/mol. The fourth-order valence-electron chi connectivity index (χ4n) is 1.86. The Hall–Kier alpha value is -2.44. The van der Waals surface area contributed by atoms with E-state index < -0.39 is 0 Å². The monoisotopic (exact) mass is 307 g/mol. The van der Waals surface area contributed by atoms with E-state index in [1.54, 1.807) is 18.2 Å². The molecule has 1 aliphatic rings. The van der Waals surface area contributed by atoms with Crippen LogP contribution in [0.2, 0.25) is 0 Å². The van der Waals surface area contributed by atoms with Crippen LogP contribution in [0.3, 0.4) is 0 Å². The molecule has 0 spiro atoms. The van der Waals surface area contributed by atoms with Crippen molar-refractivity contribution in [2.45, 2.75) is 26.3 Å². The van der Waals surface area contributed by atoms with Crippen LogP contribution in [0.1, 0.15) is 20.3 Å². The molecule has 0 aromatic heterocycles. The van der Waals surface area contributed by atoms with Crippen molar-refractivity contribution < 1.29 is 19.1 Å². The van der Waals surface area contributed by atoms with Gasteiger partial charge < -0.3 is 25.4 Å². The average Bonchev–Trinajstić information content (AvgIpc) is 2.52. The van der Waals surface area contributed by atoms with Gasteiger partial charge in [-0.15, -0.1) is 0 Å². The smallest absolute Gasteiger partial charge is 0.315 e. The van der Waals surface area contributed by atoms with Crippen LogP contribution in [0.5, 0.6) is 11.5 Å². The molecule has 3 amide bonds. The zero-order chi connectivity index (χ0) is 15.9. The van der Waals surface area contributed by atoms with Gasteiger partial charge in [0.2, 0.25) is 5.91 Å². The third-order valence-corrected chi connectivity index (χ3v) is 3.23. The number of fused-ring (bicyclic) bond motifs is 1. The van der Waals surface area contributed by atoms with E-state index in [-0.39, 0.29) is 24.5 Å². The Bertz CT molecular complexity index is 548. The van der Waals surface area contributed by atoms with Gasteiger partial charge in [0.1, 0.15) is 13.2 Å². The Morgan fingerprint density at radius 3 is 2.68 bits per heavy atom. The summed E-state index contributed by atoms with van der Waals surface area (Å²) in [5.41, 5.74) is 0.596. The van der Waals surface area contributed by atoms with Crippen molar-refractivity contribution in [2.75, 3.05) is 25.1 Å². The number of ether oxygens (including phenoxy) is 2. The molecule has 120 valence electrons. The SMILES string of the molecule is CCC(C)NC(=O)NCC(=O)Nc1ccc2c(c1)OCCO2. The van der Waals surface area contributed by atoms with E-state index in [1.165, 1.54) is 0 Å². The summed E-state index contributed by atoms with van der Waals surface area (Å²) in [6.07, 6.45) is 0.830. The zero-order valence-electron chi connectivity index (χ0n) is 12.8. The molecule has 1 aromatic rings. The van der Waals surface area contributed by atoms with Crippen LogP contribution in [0, 0.1) is 0 Å². The number of urea groups is 1. The number of benzene rings is 1. The van der Waals surface area contributed by atoms with Crippen molar-refractivity contribution in [3.05, 3.63) is 18.2 Å². The minimum atomic E-state index is -0.355. The summed E-state index contributed by atoms with van der Waals surface area (Å²) in [7, 11) is 0. The van der Waals surface area contributed by atoms with Crippen molar-refractivity contribution >= 4 is 17.6 Å². The third kappa shape index (κ3) is 4.54. The molecule has 0 fully saturated rings. The topological polar surface area (TPSA) is 88.7 Å². The standard InChI is InChI=1S/C15H21N3O4/c1-3-10(2)17-15(20)16-9-14(19)18-11-4-5-12-13(8-11)22-7-6-21-12/h4-5,8,10H,3,6-7,9H2,1-2H3,(H,18,19)(H2,16,17,20). The molecule has 7 heteroatoms. The number of amides is 3. The normalized spacial score (nSPS) is 13.9. The number of carbonyl (C=O) groups is 2. The molecule has 2 rings (SSSR count). The van der Waals surface area contributed by atoms with Gasteiger partial charge in [-0.25, -0.2) is 4.79 Å². The Labute approximate surface area is 129 Å². The largest absolute Gasteiger partial charge is 0.486 e. The van der Waals surface area contributed by atoms with Gasteiger partial charge in [0.15, 0.2) is 11.5 Å². The molecule has 1 aliphatic heterocycles. The van der Waals surface area contributed by atoms with Crippen molar-refractivity contribution in [1.29, 1.82) is 0 Å². The van der Waals surface area contributed by atoms with E-state index >= 15 is 0 Å². The highest BCUT2D eigenvalue weighted by Crippen LogP contribution is 2.32. The molecule has 1 aromatic carbocycles. The number of carbonyl (C=O) groups excluding carboxylic acids is 2. The number of hydrogen-bond donors (Lipinski definition) is 3. The second kappa shape index (κ2) is 7.53. The Morgan fingerprint density at radius 1 is 1.23 bits per heavy atom. The maximum absolute atomic E-state index is 11.8. The third-order valence-electron chi connectivity index (χ3n) is 3.23. The molecule has 0 saturated carbocycles. The molecular formula is C15H21N3O4. The van der Waals surface area contributed by atoms with Crippen LogP contribution in [-0.2, 0) is 4.79 Å². The summed E-state index contributed by atoms with van der Waals surface area (Å²) in [4.78, 5) is 23.3. The van der Waals surface area contributed by atoms with Crippen LogP contribution in [0.15, 0.2) is 18.2 Å². The van der Waals surface area contributed by atoms with E-state index in [0.29, 0.717) is 30.4 Å². The second-order valence-corrected chi connectivity index (χ2v) is 5.04. The first-order chi connectivity index (χ1) is 10.6. The molecule has 1 unspecified atom stereocenters. The fraction of sp³-hybridized carbons (Fsp3) is 0.467. The van der Waals surface area contributed by atoms with Crippen molar-refractivity contribution in [2.24, 2.45) is 0 Å². The van der Waals surface area contributed by atoms with Crippen LogP contribution < -0.4 is 25.4 Å². The van der Waals surface area contributed by atoms with Crippen molar-refractivity contribution in [1.82, 2.24) is 10.6 Å². The summed E-state index contributed by atoms with van der Waals surface area (Å²) >= 11 is 0. The van der Waals surface area contributed by atoms with Gasteiger partial charge in [-0.1, -0.05) is 6.92 Å². The Balaban J connectivity index is 1.81. The van der Waals surface area contributed by atoms with Gasteiger partial charge in [-0.2, -0.15) is 0 Å². The average molecular weight is 307 g/mol. The molecule has 7 nitrogen and oxygen atoms in total. The van der Waals surface area contributed by atoms with Gasteiger partial charge in [-0.05, 0) is 25.5 Å². The lowest BCUT2D eigenvalue weighted by Crippen LogP contribution is -2.43. The minimum Gasteiger partial charge on any atom is -0.486 e. The summed E-state index contributed by atoms with van der Waals surface area (Å²) < 4.78 is 10.9. The van der Waals surface area contributed by atoms with Gasteiger partial charge in [-0.3, -0.25) is 4.79 Å². The summed E-state index contributed by atoms with van der Waals surface area (Å²) in [5.74, 6) is 0.956. The van der Waals surface area contributed by atoms with Crippen LogP contribution in [-0.4, -0.2) is 37.7 Å². The highest BCUT2D eigenvalue weighted by Gasteiger charge is 2.13. The lowest BCUT2D eigenvalue weighted by molar-refractivity contribution is -0.115. The van der Waals surface area contributed by atoms with E-state index in [2.05, 4.69) is 16.0 Å². The molecule has 0 saturated heterocycles. The van der Waals surface area contributed by atoms with E-state index in [4.69, 9.17) is 9.47 Å². The molecule has 0 bridgehead atoms. The maximum Gasteiger partial charge on any atom is 0.315 e.